The zero-order valence-corrected chi connectivity index (χ0v) is 11.5. The molecule has 0 saturated heterocycles. The highest BCUT2D eigenvalue weighted by Gasteiger charge is 2.04. The third-order valence-electron chi connectivity index (χ3n) is 2.81. The van der Waals surface area contributed by atoms with Gasteiger partial charge in [-0.3, -0.25) is 0 Å². The second kappa shape index (κ2) is 5.07. The molecular weight excluding hydrogens is 280 g/mol. The van der Waals surface area contributed by atoms with Crippen molar-refractivity contribution in [1.82, 2.24) is 4.98 Å². The van der Waals surface area contributed by atoms with Gasteiger partial charge in [0.25, 0.3) is 0 Å². The van der Waals surface area contributed by atoms with Crippen LogP contribution in [0.1, 0.15) is 4.88 Å². The van der Waals surface area contributed by atoms with Crippen LogP contribution in [0.5, 0.6) is 5.75 Å². The van der Waals surface area contributed by atoms with Crippen molar-refractivity contribution in [1.29, 1.82) is 0 Å². The molecule has 0 aliphatic carbocycles. The summed E-state index contributed by atoms with van der Waals surface area (Å²) in [6.45, 7) is 0.666. The number of aromatic hydroxyl groups is 1. The number of phenols is 1. The lowest BCUT2D eigenvalue weighted by Crippen LogP contribution is -2.00. The summed E-state index contributed by atoms with van der Waals surface area (Å²) in [5.74, 6) is 1.00. The third kappa shape index (κ3) is 2.64. The lowest BCUT2D eigenvalue weighted by atomic mass is 10.1. The van der Waals surface area contributed by atoms with E-state index in [9.17, 15) is 5.11 Å². The summed E-state index contributed by atoms with van der Waals surface area (Å²) in [7, 11) is 0. The number of aromatic nitrogens is 1. The van der Waals surface area contributed by atoms with E-state index in [0.29, 0.717) is 6.54 Å². The second-order valence-electron chi connectivity index (χ2n) is 4.12. The quantitative estimate of drug-likeness (QED) is 0.757. The lowest BCUT2D eigenvalue weighted by molar-refractivity contribution is 0.476. The number of anilines is 1. The topological polar surface area (TPSA) is 45.2 Å². The molecule has 5 heteroatoms. The van der Waals surface area contributed by atoms with Gasteiger partial charge in [0.2, 0.25) is 0 Å². The summed E-state index contributed by atoms with van der Waals surface area (Å²) in [6, 6.07) is 11.0. The summed E-state index contributed by atoms with van der Waals surface area (Å²) in [5, 5.41) is 14.8. The summed E-state index contributed by atoms with van der Waals surface area (Å²) in [5.41, 5.74) is 0. The SMILES string of the molecule is Oc1ccc2ccnc(NCc3ccc(Cl)s3)c2c1. The third-order valence-corrected chi connectivity index (χ3v) is 4.04. The molecule has 2 aromatic heterocycles. The van der Waals surface area contributed by atoms with Crippen LogP contribution in [-0.4, -0.2) is 10.1 Å². The van der Waals surface area contributed by atoms with Gasteiger partial charge in [-0.05, 0) is 35.7 Å². The van der Waals surface area contributed by atoms with Crippen molar-refractivity contribution in [3.8, 4) is 5.75 Å². The van der Waals surface area contributed by atoms with Crippen LogP contribution in [0.15, 0.2) is 42.6 Å². The molecule has 2 heterocycles. The number of nitrogens with one attached hydrogen (secondary N) is 1. The number of hydrogen-bond donors (Lipinski definition) is 2. The number of phenolic OH excluding ortho intramolecular Hbond substituents is 1. The van der Waals surface area contributed by atoms with E-state index in [4.69, 9.17) is 11.6 Å². The molecule has 3 rings (SSSR count). The number of hydrogen-bond acceptors (Lipinski definition) is 4. The van der Waals surface area contributed by atoms with Crippen LogP contribution in [-0.2, 0) is 6.54 Å². The Morgan fingerprint density at radius 2 is 2.11 bits per heavy atom. The standard InChI is InChI=1S/C14H11ClN2OS/c15-13-4-3-11(19-13)8-17-14-12-7-10(18)2-1-9(12)5-6-16-14/h1-7,18H,8H2,(H,16,17). The maximum Gasteiger partial charge on any atom is 0.134 e. The Bertz CT molecular complexity index is 726. The average molecular weight is 291 g/mol. The molecule has 0 saturated carbocycles. The number of thiophene rings is 1. The number of pyridine rings is 1. The Hall–Kier alpha value is -1.78. The van der Waals surface area contributed by atoms with Crippen LogP contribution >= 0.6 is 22.9 Å². The van der Waals surface area contributed by atoms with Gasteiger partial charge in [-0.25, -0.2) is 4.98 Å². The van der Waals surface area contributed by atoms with Gasteiger partial charge in [-0.1, -0.05) is 17.7 Å². The van der Waals surface area contributed by atoms with E-state index in [-0.39, 0.29) is 5.75 Å². The highest BCUT2D eigenvalue weighted by molar-refractivity contribution is 7.16. The minimum absolute atomic E-state index is 0.239. The molecule has 19 heavy (non-hydrogen) atoms. The molecule has 0 radical (unpaired) electrons. The summed E-state index contributed by atoms with van der Waals surface area (Å²) in [4.78, 5) is 5.46. The summed E-state index contributed by atoms with van der Waals surface area (Å²) in [6.07, 6.45) is 1.75. The molecule has 0 amide bonds. The molecule has 3 nitrogen and oxygen atoms in total. The van der Waals surface area contributed by atoms with Crippen molar-refractivity contribution in [2.24, 2.45) is 0 Å². The zero-order valence-electron chi connectivity index (χ0n) is 9.93. The molecule has 2 N–H and O–H groups in total. The Kier molecular flexibility index (Phi) is 3.27. The van der Waals surface area contributed by atoms with Crippen LogP contribution in [0.3, 0.4) is 0 Å². The van der Waals surface area contributed by atoms with Crippen molar-refractivity contribution in [2.45, 2.75) is 6.54 Å². The first kappa shape index (κ1) is 12.3. The number of fused-ring (bicyclic) bond motifs is 1. The molecule has 0 aliphatic heterocycles. The average Bonchev–Trinajstić information content (AvgIpc) is 2.82. The van der Waals surface area contributed by atoms with Gasteiger partial charge in [0.1, 0.15) is 11.6 Å². The first-order valence-electron chi connectivity index (χ1n) is 5.78. The Morgan fingerprint density at radius 1 is 1.21 bits per heavy atom. The highest BCUT2D eigenvalue weighted by atomic mass is 35.5. The Balaban J connectivity index is 1.90. The monoisotopic (exact) mass is 290 g/mol. The van der Waals surface area contributed by atoms with Crippen LogP contribution in [0.25, 0.3) is 10.8 Å². The van der Waals surface area contributed by atoms with Crippen LogP contribution in [0.4, 0.5) is 5.82 Å². The van der Waals surface area contributed by atoms with Crippen LogP contribution < -0.4 is 5.32 Å². The highest BCUT2D eigenvalue weighted by Crippen LogP contribution is 2.27. The number of nitrogens with zero attached hydrogens (tertiary/aromatic N) is 1. The van der Waals surface area contributed by atoms with E-state index in [1.165, 1.54) is 0 Å². The second-order valence-corrected chi connectivity index (χ2v) is 5.92. The van der Waals surface area contributed by atoms with E-state index in [2.05, 4.69) is 10.3 Å². The van der Waals surface area contributed by atoms with Gasteiger partial charge >= 0.3 is 0 Å². The number of halogens is 1. The van der Waals surface area contributed by atoms with Gasteiger partial charge in [0.05, 0.1) is 10.9 Å². The van der Waals surface area contributed by atoms with Gasteiger partial charge < -0.3 is 10.4 Å². The molecule has 0 atom stereocenters. The van der Waals surface area contributed by atoms with Gasteiger partial charge in [0.15, 0.2) is 0 Å². The Labute approximate surface area is 119 Å². The maximum absolute atomic E-state index is 9.57. The van der Waals surface area contributed by atoms with Crippen molar-refractivity contribution in [3.05, 3.63) is 51.8 Å². The van der Waals surface area contributed by atoms with E-state index in [1.54, 1.807) is 29.7 Å². The minimum atomic E-state index is 0.239. The first-order valence-corrected chi connectivity index (χ1v) is 6.97. The normalized spacial score (nSPS) is 10.8. The fourth-order valence-electron chi connectivity index (χ4n) is 1.91. The molecule has 1 aromatic carbocycles. The predicted octanol–water partition coefficient (Wildman–Crippen LogP) is 4.27. The molecule has 0 aliphatic rings. The van der Waals surface area contributed by atoms with Crippen molar-refractivity contribution in [2.75, 3.05) is 5.32 Å². The van der Waals surface area contributed by atoms with E-state index in [0.717, 1.165) is 25.8 Å². The van der Waals surface area contributed by atoms with Crippen molar-refractivity contribution < 1.29 is 5.11 Å². The molecular formula is C14H11ClN2OS. The van der Waals surface area contributed by atoms with E-state index < -0.39 is 0 Å². The number of benzene rings is 1. The van der Waals surface area contributed by atoms with E-state index >= 15 is 0 Å². The fraction of sp³-hybridized carbons (Fsp3) is 0.0714. The predicted molar refractivity (Wildman–Crippen MR) is 80.1 cm³/mol. The smallest absolute Gasteiger partial charge is 0.134 e. The first-order chi connectivity index (χ1) is 9.22. The molecule has 0 fully saturated rings. The van der Waals surface area contributed by atoms with Gasteiger partial charge in [-0.2, -0.15) is 0 Å². The maximum atomic E-state index is 9.57. The molecule has 0 unspecified atom stereocenters. The van der Waals surface area contributed by atoms with Gasteiger partial charge in [-0.15, -0.1) is 11.3 Å². The summed E-state index contributed by atoms with van der Waals surface area (Å²) >= 11 is 7.44. The van der Waals surface area contributed by atoms with Crippen LogP contribution in [0.2, 0.25) is 4.34 Å². The van der Waals surface area contributed by atoms with E-state index in [1.807, 2.05) is 24.3 Å². The summed E-state index contributed by atoms with van der Waals surface area (Å²) < 4.78 is 0.778. The molecule has 3 aromatic rings. The van der Waals surface area contributed by atoms with Crippen molar-refractivity contribution in [3.63, 3.8) is 0 Å². The molecule has 96 valence electrons. The fourth-order valence-corrected chi connectivity index (χ4v) is 2.94. The van der Waals surface area contributed by atoms with Crippen molar-refractivity contribution >= 4 is 39.5 Å². The molecule has 0 spiro atoms. The van der Waals surface area contributed by atoms with Gasteiger partial charge in [0, 0.05) is 16.5 Å². The largest absolute Gasteiger partial charge is 0.508 e. The Morgan fingerprint density at radius 3 is 2.89 bits per heavy atom. The zero-order chi connectivity index (χ0) is 13.2. The lowest BCUT2D eigenvalue weighted by Gasteiger charge is -2.08. The number of rotatable bonds is 3. The van der Waals surface area contributed by atoms with Crippen LogP contribution in [0, 0.1) is 0 Å². The molecule has 0 bridgehead atoms. The minimum Gasteiger partial charge on any atom is -0.508 e.